The number of benzene rings is 1. The van der Waals surface area contributed by atoms with E-state index in [0.717, 1.165) is 36.7 Å². The molecule has 1 aromatic carbocycles. The summed E-state index contributed by atoms with van der Waals surface area (Å²) in [7, 11) is -3.15. The molecule has 2 aromatic rings. The summed E-state index contributed by atoms with van der Waals surface area (Å²) in [6, 6.07) is 4.88. The highest BCUT2D eigenvalue weighted by molar-refractivity contribution is 6.36. The number of nitrogens with zero attached hydrogens (tertiary/aromatic N) is 2. The van der Waals surface area contributed by atoms with Crippen molar-refractivity contribution in [2.24, 2.45) is 0 Å². The lowest BCUT2D eigenvalue weighted by molar-refractivity contribution is -0.137. The van der Waals surface area contributed by atoms with Gasteiger partial charge < -0.3 is 4.65 Å². The van der Waals surface area contributed by atoms with E-state index in [9.17, 15) is 21.8 Å². The van der Waals surface area contributed by atoms with Gasteiger partial charge in [0.05, 0.1) is 11.3 Å². The Balaban J connectivity index is 2.39. The molecule has 23 heavy (non-hydrogen) atoms. The van der Waals surface area contributed by atoms with Gasteiger partial charge in [0.2, 0.25) is 0 Å². The van der Waals surface area contributed by atoms with Crippen LogP contribution >= 0.6 is 11.6 Å². The summed E-state index contributed by atoms with van der Waals surface area (Å²) >= 11 is 5.66. The molecule has 1 aromatic heterocycles. The van der Waals surface area contributed by atoms with Crippen LogP contribution in [0.3, 0.4) is 0 Å². The molecule has 0 aliphatic heterocycles. The van der Waals surface area contributed by atoms with E-state index in [-0.39, 0.29) is 22.2 Å². The third-order valence-electron chi connectivity index (χ3n) is 2.65. The molecule has 10 heteroatoms. The van der Waals surface area contributed by atoms with Gasteiger partial charge in [-0.05, 0) is 12.1 Å². The predicted octanol–water partition coefficient (Wildman–Crippen LogP) is 4.59. The molecular formula is C13H7BClF5N2O. The maximum atomic E-state index is 12.5. The predicted molar refractivity (Wildman–Crippen MR) is 75.4 cm³/mol. The SMILES string of the molecule is FB(F)O/C(=C/c1cc(Cl)ncn1)c1ccc(C(F)(F)F)cc1. The lowest BCUT2D eigenvalue weighted by Gasteiger charge is -2.11. The highest BCUT2D eigenvalue weighted by atomic mass is 35.5. The summed E-state index contributed by atoms with van der Waals surface area (Å²) in [5.74, 6) is -0.344. The minimum absolute atomic E-state index is 0.0352. The molecule has 1 heterocycles. The molecule has 0 atom stereocenters. The molecule has 0 spiro atoms. The quantitative estimate of drug-likeness (QED) is 0.351. The molecule has 0 saturated heterocycles. The topological polar surface area (TPSA) is 35.0 Å². The first-order valence-electron chi connectivity index (χ1n) is 6.07. The van der Waals surface area contributed by atoms with Crippen molar-refractivity contribution in [2.45, 2.75) is 6.18 Å². The molecule has 0 bridgehead atoms. The van der Waals surface area contributed by atoms with E-state index >= 15 is 0 Å². The minimum atomic E-state index is -4.52. The van der Waals surface area contributed by atoms with E-state index in [1.807, 2.05) is 0 Å². The summed E-state index contributed by atoms with van der Waals surface area (Å²) in [6.45, 7) is 0. The normalized spacial score (nSPS) is 12.2. The van der Waals surface area contributed by atoms with Crippen LogP contribution in [0.5, 0.6) is 0 Å². The van der Waals surface area contributed by atoms with Crippen molar-refractivity contribution in [1.29, 1.82) is 0 Å². The zero-order chi connectivity index (χ0) is 17.0. The van der Waals surface area contributed by atoms with E-state index in [2.05, 4.69) is 14.6 Å². The van der Waals surface area contributed by atoms with Crippen LogP contribution < -0.4 is 0 Å². The van der Waals surface area contributed by atoms with Crippen molar-refractivity contribution in [3.8, 4) is 0 Å². The molecular weight excluding hydrogens is 341 g/mol. The zero-order valence-corrected chi connectivity index (χ0v) is 11.9. The molecule has 3 nitrogen and oxygen atoms in total. The van der Waals surface area contributed by atoms with Crippen molar-refractivity contribution in [3.05, 3.63) is 58.6 Å². The number of rotatable bonds is 4. The van der Waals surface area contributed by atoms with E-state index in [1.165, 1.54) is 6.07 Å². The van der Waals surface area contributed by atoms with Crippen LogP contribution in [0.15, 0.2) is 36.7 Å². The Hall–Kier alpha value is -2.16. The summed E-state index contributed by atoms with van der Waals surface area (Å²) < 4.78 is 67.0. The molecule has 0 radical (unpaired) electrons. The van der Waals surface area contributed by atoms with Gasteiger partial charge in [-0.1, -0.05) is 23.7 Å². The first-order valence-corrected chi connectivity index (χ1v) is 6.45. The van der Waals surface area contributed by atoms with E-state index < -0.39 is 19.2 Å². The van der Waals surface area contributed by atoms with Gasteiger partial charge in [-0.25, -0.2) is 18.6 Å². The third kappa shape index (κ3) is 4.92. The van der Waals surface area contributed by atoms with Crippen LogP contribution in [0.4, 0.5) is 21.8 Å². The summed E-state index contributed by atoms with van der Waals surface area (Å²) in [4.78, 5) is 7.42. The van der Waals surface area contributed by atoms with Crippen LogP contribution in [-0.4, -0.2) is 17.4 Å². The van der Waals surface area contributed by atoms with Gasteiger partial charge in [0.25, 0.3) is 0 Å². The number of hydrogen-bond donors (Lipinski definition) is 0. The number of alkyl halides is 3. The average Bonchev–Trinajstić information content (AvgIpc) is 2.45. The van der Waals surface area contributed by atoms with Crippen LogP contribution in [-0.2, 0) is 10.8 Å². The third-order valence-corrected chi connectivity index (χ3v) is 2.85. The Morgan fingerprint density at radius 1 is 1.13 bits per heavy atom. The van der Waals surface area contributed by atoms with Crippen molar-refractivity contribution >= 4 is 30.9 Å². The Kier molecular flexibility index (Phi) is 5.20. The smallest absolute Gasteiger partial charge is 0.505 e. The summed E-state index contributed by atoms with van der Waals surface area (Å²) in [6.07, 6.45) is -2.28. The van der Waals surface area contributed by atoms with E-state index in [0.29, 0.717) is 0 Å². The molecule has 0 saturated carbocycles. The maximum absolute atomic E-state index is 12.5. The maximum Gasteiger partial charge on any atom is 0.796 e. The molecule has 120 valence electrons. The molecule has 0 aliphatic rings. The summed E-state index contributed by atoms with van der Waals surface area (Å²) in [5, 5.41) is 0.0788. The number of hydrogen-bond acceptors (Lipinski definition) is 3. The molecule has 2 rings (SSSR count). The van der Waals surface area contributed by atoms with E-state index in [1.54, 1.807) is 0 Å². The lowest BCUT2D eigenvalue weighted by Crippen LogP contribution is -2.06. The fraction of sp³-hybridized carbons (Fsp3) is 0.0769. The van der Waals surface area contributed by atoms with Gasteiger partial charge in [0.1, 0.15) is 17.2 Å². The molecule has 0 unspecified atom stereocenters. The van der Waals surface area contributed by atoms with Gasteiger partial charge >= 0.3 is 13.6 Å². The number of halogens is 6. The second kappa shape index (κ2) is 6.95. The van der Waals surface area contributed by atoms with Crippen LogP contribution in [0.25, 0.3) is 11.8 Å². The second-order valence-electron chi connectivity index (χ2n) is 4.23. The van der Waals surface area contributed by atoms with Gasteiger partial charge in [-0.3, -0.25) is 0 Å². The Bertz CT molecular complexity index is 706. The van der Waals surface area contributed by atoms with Crippen LogP contribution in [0.2, 0.25) is 5.15 Å². The van der Waals surface area contributed by atoms with Crippen LogP contribution in [0, 0.1) is 0 Å². The largest absolute Gasteiger partial charge is 0.796 e. The second-order valence-corrected chi connectivity index (χ2v) is 4.62. The van der Waals surface area contributed by atoms with Gasteiger partial charge in [-0.2, -0.15) is 13.2 Å². The molecule has 0 fully saturated rings. The first-order chi connectivity index (χ1) is 10.8. The van der Waals surface area contributed by atoms with E-state index in [4.69, 9.17) is 11.6 Å². The van der Waals surface area contributed by atoms with Crippen molar-refractivity contribution < 1.29 is 26.5 Å². The minimum Gasteiger partial charge on any atom is -0.505 e. The van der Waals surface area contributed by atoms with Crippen molar-refractivity contribution in [2.75, 3.05) is 0 Å². The molecule has 0 N–H and O–H groups in total. The molecule has 0 amide bonds. The fourth-order valence-corrected chi connectivity index (χ4v) is 1.82. The zero-order valence-electron chi connectivity index (χ0n) is 11.2. The Morgan fingerprint density at radius 3 is 2.30 bits per heavy atom. The summed E-state index contributed by atoms with van der Waals surface area (Å²) in [5.41, 5.74) is -0.698. The monoisotopic (exact) mass is 348 g/mol. The van der Waals surface area contributed by atoms with Gasteiger partial charge in [-0.15, -0.1) is 0 Å². The lowest BCUT2D eigenvalue weighted by atomic mass is 10.1. The standard InChI is InChI=1S/C13H7BClF5N2O/c15-12-6-10(21-7-22-12)5-11(23-14(19)20)8-1-3-9(4-2-8)13(16,17)18/h1-7H/b11-5+. The van der Waals surface area contributed by atoms with Gasteiger partial charge in [0.15, 0.2) is 0 Å². The first kappa shape index (κ1) is 17.2. The Labute approximate surface area is 133 Å². The molecule has 0 aliphatic carbocycles. The fourth-order valence-electron chi connectivity index (χ4n) is 1.67. The highest BCUT2D eigenvalue weighted by Crippen LogP contribution is 2.30. The highest BCUT2D eigenvalue weighted by Gasteiger charge is 2.30. The van der Waals surface area contributed by atoms with Gasteiger partial charge in [0, 0.05) is 17.7 Å². The Morgan fingerprint density at radius 2 is 1.78 bits per heavy atom. The average molecular weight is 348 g/mol. The van der Waals surface area contributed by atoms with Crippen LogP contribution in [0.1, 0.15) is 16.8 Å². The van der Waals surface area contributed by atoms with Crippen molar-refractivity contribution in [1.82, 2.24) is 9.97 Å². The van der Waals surface area contributed by atoms with Crippen molar-refractivity contribution in [3.63, 3.8) is 0 Å². The number of aromatic nitrogens is 2.